The molecule has 1 amide bonds. The number of rotatable bonds is 5. The monoisotopic (exact) mass is 388 g/mol. The van der Waals surface area contributed by atoms with E-state index in [1.165, 1.54) is 11.1 Å². The molecule has 0 spiro atoms. The van der Waals surface area contributed by atoms with E-state index in [0.717, 1.165) is 37.2 Å². The second-order valence-electron chi connectivity index (χ2n) is 7.80. The summed E-state index contributed by atoms with van der Waals surface area (Å²) in [5, 5.41) is 8.13. The lowest BCUT2D eigenvalue weighted by Gasteiger charge is -2.31. The average Bonchev–Trinajstić information content (AvgIpc) is 3.18. The van der Waals surface area contributed by atoms with Crippen LogP contribution in [0, 0.1) is 6.92 Å². The van der Waals surface area contributed by atoms with E-state index in [1.807, 2.05) is 41.0 Å². The number of hydrogen-bond acceptors (Lipinski definition) is 3. The Kier molecular flexibility index (Phi) is 5.76. The lowest BCUT2D eigenvalue weighted by molar-refractivity contribution is 0.0708. The molecule has 0 saturated carbocycles. The van der Waals surface area contributed by atoms with E-state index in [0.29, 0.717) is 18.2 Å². The first-order chi connectivity index (χ1) is 14.1. The number of hydrogen-bond donors (Lipinski definition) is 1. The quantitative estimate of drug-likeness (QED) is 0.725. The summed E-state index contributed by atoms with van der Waals surface area (Å²) < 4.78 is 1.89. The van der Waals surface area contributed by atoms with Crippen molar-refractivity contribution in [2.24, 2.45) is 0 Å². The highest BCUT2D eigenvalue weighted by Gasteiger charge is 2.26. The maximum Gasteiger partial charge on any atom is 0.257 e. The van der Waals surface area contributed by atoms with E-state index < -0.39 is 0 Å². The third kappa shape index (κ3) is 4.40. The highest BCUT2D eigenvalue weighted by atomic mass is 16.2. The van der Waals surface area contributed by atoms with Crippen LogP contribution in [0.5, 0.6) is 0 Å². The van der Waals surface area contributed by atoms with Crippen LogP contribution in [0.2, 0.25) is 0 Å². The van der Waals surface area contributed by atoms with E-state index in [1.54, 1.807) is 0 Å². The highest BCUT2D eigenvalue weighted by Crippen LogP contribution is 2.25. The third-order valence-electron chi connectivity index (χ3n) is 5.69. The zero-order valence-electron chi connectivity index (χ0n) is 17.1. The topological polar surface area (TPSA) is 50.2 Å². The predicted octanol–water partition coefficient (Wildman–Crippen LogP) is 3.73. The minimum absolute atomic E-state index is 0.0782. The largest absolute Gasteiger partial charge is 0.338 e. The third-order valence-corrected chi connectivity index (χ3v) is 5.69. The summed E-state index contributed by atoms with van der Waals surface area (Å²) in [7, 11) is 1.99. The molecule has 5 heteroatoms. The number of aryl methyl sites for hydroxylation is 1. The van der Waals surface area contributed by atoms with Crippen LogP contribution in [0.4, 0.5) is 0 Å². The van der Waals surface area contributed by atoms with Crippen molar-refractivity contribution in [1.29, 1.82) is 0 Å². The molecule has 0 aliphatic carbocycles. The number of nitrogens with zero attached hydrogens (tertiary/aromatic N) is 3. The summed E-state index contributed by atoms with van der Waals surface area (Å²) >= 11 is 0. The summed E-state index contributed by atoms with van der Waals surface area (Å²) in [6.07, 6.45) is 3.88. The van der Waals surface area contributed by atoms with Crippen LogP contribution in [0.1, 0.15) is 34.3 Å². The SMILES string of the molecule is CNC1CCN(C(=O)c2cn(Cc3ccccc3)nc2-c2ccc(C)cc2)CC1. The molecule has 1 aliphatic rings. The van der Waals surface area contributed by atoms with Gasteiger partial charge < -0.3 is 10.2 Å². The molecular formula is C24H28N4O. The summed E-state index contributed by atoms with van der Waals surface area (Å²) in [5.41, 5.74) is 4.80. The Balaban J connectivity index is 1.65. The Morgan fingerprint density at radius 3 is 2.41 bits per heavy atom. The number of piperidine rings is 1. The van der Waals surface area contributed by atoms with Gasteiger partial charge in [0.15, 0.2) is 0 Å². The van der Waals surface area contributed by atoms with Crippen LogP contribution in [-0.4, -0.2) is 46.8 Å². The van der Waals surface area contributed by atoms with Crippen molar-refractivity contribution < 1.29 is 4.79 Å². The molecule has 3 aromatic rings. The number of benzene rings is 2. The number of nitrogens with one attached hydrogen (secondary N) is 1. The van der Waals surface area contributed by atoms with Gasteiger partial charge in [0.05, 0.1) is 12.1 Å². The fraction of sp³-hybridized carbons (Fsp3) is 0.333. The van der Waals surface area contributed by atoms with Gasteiger partial charge >= 0.3 is 0 Å². The Labute approximate surface area is 172 Å². The molecule has 0 atom stereocenters. The lowest BCUT2D eigenvalue weighted by Crippen LogP contribution is -2.44. The second-order valence-corrected chi connectivity index (χ2v) is 7.80. The molecule has 2 heterocycles. The van der Waals surface area contributed by atoms with Gasteiger partial charge in [0.1, 0.15) is 5.69 Å². The molecule has 1 saturated heterocycles. The van der Waals surface area contributed by atoms with Gasteiger partial charge in [-0.3, -0.25) is 9.48 Å². The Morgan fingerprint density at radius 1 is 1.07 bits per heavy atom. The summed E-state index contributed by atoms with van der Waals surface area (Å²) in [6.45, 7) is 4.27. The van der Waals surface area contributed by atoms with Crippen LogP contribution >= 0.6 is 0 Å². The van der Waals surface area contributed by atoms with Crippen molar-refractivity contribution in [3.8, 4) is 11.3 Å². The van der Waals surface area contributed by atoms with E-state index in [4.69, 9.17) is 5.10 Å². The molecular weight excluding hydrogens is 360 g/mol. The molecule has 5 nitrogen and oxygen atoms in total. The van der Waals surface area contributed by atoms with Crippen molar-refractivity contribution in [3.63, 3.8) is 0 Å². The molecule has 1 fully saturated rings. The minimum atomic E-state index is 0.0782. The molecule has 1 aromatic heterocycles. The molecule has 4 rings (SSSR count). The van der Waals surface area contributed by atoms with E-state index >= 15 is 0 Å². The van der Waals surface area contributed by atoms with Gasteiger partial charge in [0.2, 0.25) is 0 Å². The number of carbonyl (C=O) groups excluding carboxylic acids is 1. The van der Waals surface area contributed by atoms with Crippen LogP contribution in [0.3, 0.4) is 0 Å². The number of carbonyl (C=O) groups is 1. The van der Waals surface area contributed by atoms with Crippen molar-refractivity contribution in [2.45, 2.75) is 32.4 Å². The number of amides is 1. The molecule has 0 bridgehead atoms. The smallest absolute Gasteiger partial charge is 0.257 e. The Hall–Kier alpha value is -2.92. The van der Waals surface area contributed by atoms with Crippen molar-refractivity contribution in [1.82, 2.24) is 20.0 Å². The minimum Gasteiger partial charge on any atom is -0.338 e. The maximum absolute atomic E-state index is 13.4. The first kappa shape index (κ1) is 19.4. The van der Waals surface area contributed by atoms with Crippen LogP contribution in [0.25, 0.3) is 11.3 Å². The molecule has 0 unspecified atom stereocenters. The van der Waals surface area contributed by atoms with Crippen LogP contribution < -0.4 is 5.32 Å². The molecule has 1 N–H and O–H groups in total. The first-order valence-electron chi connectivity index (χ1n) is 10.3. The van der Waals surface area contributed by atoms with Gasteiger partial charge in [-0.1, -0.05) is 60.2 Å². The number of likely N-dealkylation sites (tertiary alicyclic amines) is 1. The fourth-order valence-electron chi connectivity index (χ4n) is 3.90. The summed E-state index contributed by atoms with van der Waals surface area (Å²) in [4.78, 5) is 15.3. The van der Waals surface area contributed by atoms with Gasteiger partial charge in [-0.25, -0.2) is 0 Å². The fourth-order valence-corrected chi connectivity index (χ4v) is 3.90. The molecule has 1 aliphatic heterocycles. The highest BCUT2D eigenvalue weighted by molar-refractivity contribution is 5.99. The van der Waals surface area contributed by atoms with Crippen molar-refractivity contribution >= 4 is 5.91 Å². The summed E-state index contributed by atoms with van der Waals surface area (Å²) in [6, 6.07) is 19.0. The molecule has 150 valence electrons. The Bertz CT molecular complexity index is 954. The van der Waals surface area contributed by atoms with Crippen LogP contribution in [0.15, 0.2) is 60.8 Å². The zero-order chi connectivity index (χ0) is 20.2. The molecule has 29 heavy (non-hydrogen) atoms. The summed E-state index contributed by atoms with van der Waals surface area (Å²) in [5.74, 6) is 0.0782. The number of aromatic nitrogens is 2. The normalized spacial score (nSPS) is 14.9. The van der Waals surface area contributed by atoms with Crippen LogP contribution in [-0.2, 0) is 6.54 Å². The van der Waals surface area contributed by atoms with Gasteiger partial charge in [-0.15, -0.1) is 0 Å². The van der Waals surface area contributed by atoms with Crippen molar-refractivity contribution in [2.75, 3.05) is 20.1 Å². The van der Waals surface area contributed by atoms with Gasteiger partial charge in [0.25, 0.3) is 5.91 Å². The molecule has 0 radical (unpaired) electrons. The second kappa shape index (κ2) is 8.62. The standard InChI is InChI=1S/C24H28N4O/c1-18-8-10-20(11-9-18)23-22(24(29)27-14-12-21(25-2)13-15-27)17-28(26-23)16-19-6-4-3-5-7-19/h3-11,17,21,25H,12-16H2,1-2H3. The van der Waals surface area contributed by atoms with Gasteiger partial charge in [0, 0.05) is 30.9 Å². The van der Waals surface area contributed by atoms with Gasteiger partial charge in [-0.2, -0.15) is 5.10 Å². The molecule has 2 aromatic carbocycles. The van der Waals surface area contributed by atoms with E-state index in [9.17, 15) is 4.79 Å². The van der Waals surface area contributed by atoms with E-state index in [-0.39, 0.29) is 5.91 Å². The van der Waals surface area contributed by atoms with E-state index in [2.05, 4.69) is 48.6 Å². The lowest BCUT2D eigenvalue weighted by atomic mass is 10.0. The average molecular weight is 389 g/mol. The zero-order valence-corrected chi connectivity index (χ0v) is 17.1. The first-order valence-corrected chi connectivity index (χ1v) is 10.3. The Morgan fingerprint density at radius 2 is 1.76 bits per heavy atom. The van der Waals surface area contributed by atoms with Crippen molar-refractivity contribution in [3.05, 3.63) is 77.5 Å². The maximum atomic E-state index is 13.4. The predicted molar refractivity (Wildman–Crippen MR) is 116 cm³/mol. The van der Waals surface area contributed by atoms with Gasteiger partial charge in [-0.05, 0) is 32.4 Å².